The number of allylic oxidation sites excluding steroid dienone is 9. The van der Waals surface area contributed by atoms with Gasteiger partial charge in [-0.1, -0.05) is 158 Å². The van der Waals surface area contributed by atoms with Gasteiger partial charge in [0, 0.05) is 13.5 Å². The lowest BCUT2D eigenvalue weighted by molar-refractivity contribution is -0.160. The number of carbonyl (C=O) groups excluding carboxylic acids is 2. The Bertz CT molecular complexity index is 969. The van der Waals surface area contributed by atoms with Crippen molar-refractivity contribution in [3.05, 3.63) is 60.8 Å². The molecule has 0 spiro atoms. The van der Waals surface area contributed by atoms with Crippen LogP contribution in [0.25, 0.3) is 0 Å². The SMILES string of the molecule is CC/C=C\C/C=C\C/C=C\C/C=C\C/C=C\CC(=O)OC(COC(=O)CCCCCCCCCCCCCCCC)COP(=O)(O)OC. The third-order valence-corrected chi connectivity index (χ3v) is 8.50. The van der Waals surface area contributed by atoms with Crippen molar-refractivity contribution in [2.24, 2.45) is 0 Å². The highest BCUT2D eigenvalue weighted by atomic mass is 31.2. The zero-order valence-corrected chi connectivity index (χ0v) is 31.3. The van der Waals surface area contributed by atoms with Crippen LogP contribution >= 0.6 is 7.82 Å². The van der Waals surface area contributed by atoms with Crippen LogP contribution in [0.15, 0.2) is 60.8 Å². The molecule has 2 atom stereocenters. The summed E-state index contributed by atoms with van der Waals surface area (Å²) in [6.45, 7) is 3.67. The number of esters is 2. The monoisotopic (exact) mass is 694 g/mol. The fourth-order valence-corrected chi connectivity index (χ4v) is 5.19. The molecule has 0 aromatic rings. The molecule has 0 aliphatic heterocycles. The van der Waals surface area contributed by atoms with E-state index in [0.29, 0.717) is 6.42 Å². The Morgan fingerprint density at radius 1 is 0.604 bits per heavy atom. The fraction of sp³-hybridized carbons (Fsp3) is 0.692. The molecular weight excluding hydrogens is 627 g/mol. The molecule has 0 aliphatic rings. The van der Waals surface area contributed by atoms with Crippen LogP contribution in [0.3, 0.4) is 0 Å². The number of phosphoric acid groups is 1. The second kappa shape index (κ2) is 34.6. The van der Waals surface area contributed by atoms with E-state index in [1.54, 1.807) is 6.08 Å². The molecule has 0 saturated carbocycles. The van der Waals surface area contributed by atoms with Gasteiger partial charge in [0.15, 0.2) is 6.10 Å². The standard InChI is InChI=1S/C39H67O8P/c1-4-6-8-10-12-14-16-18-20-22-24-26-28-30-32-34-39(41)47-37(36-46-48(42,43)44-3)35-45-38(40)33-31-29-27-25-23-21-19-17-15-13-11-9-7-5-2/h6,8,12,14,18,20,24,26,30,32,37H,4-5,7,9-11,13,15-17,19,21-23,25,27-29,31,33-36H2,1-3H3,(H,42,43)/b8-6-,14-12-,20-18-,26-24-,32-30-. The first-order valence-electron chi connectivity index (χ1n) is 18.5. The summed E-state index contributed by atoms with van der Waals surface area (Å²) >= 11 is 0. The van der Waals surface area contributed by atoms with Gasteiger partial charge in [-0.2, -0.15) is 0 Å². The van der Waals surface area contributed by atoms with Crippen molar-refractivity contribution < 1.29 is 37.6 Å². The van der Waals surface area contributed by atoms with Crippen molar-refractivity contribution in [1.82, 2.24) is 0 Å². The predicted molar refractivity (Wildman–Crippen MR) is 198 cm³/mol. The Morgan fingerprint density at radius 2 is 1.04 bits per heavy atom. The van der Waals surface area contributed by atoms with Gasteiger partial charge in [0.05, 0.1) is 13.0 Å². The Hall–Kier alpha value is -2.25. The van der Waals surface area contributed by atoms with E-state index in [-0.39, 0.29) is 19.4 Å². The Kier molecular flexibility index (Phi) is 33.0. The van der Waals surface area contributed by atoms with Crippen LogP contribution < -0.4 is 0 Å². The summed E-state index contributed by atoms with van der Waals surface area (Å²) < 4.78 is 31.7. The van der Waals surface area contributed by atoms with E-state index < -0.39 is 32.5 Å². The van der Waals surface area contributed by atoms with Gasteiger partial charge in [-0.15, -0.1) is 0 Å². The number of rotatable bonds is 33. The number of unbranched alkanes of at least 4 members (excludes halogenated alkanes) is 13. The lowest BCUT2D eigenvalue weighted by Gasteiger charge is -2.19. The highest BCUT2D eigenvalue weighted by Gasteiger charge is 2.24. The third-order valence-electron chi connectivity index (χ3n) is 7.56. The zero-order chi connectivity index (χ0) is 35.4. The molecule has 0 fully saturated rings. The average Bonchev–Trinajstić information content (AvgIpc) is 3.07. The first-order valence-corrected chi connectivity index (χ1v) is 20.0. The summed E-state index contributed by atoms with van der Waals surface area (Å²) in [5.74, 6) is -0.954. The first-order chi connectivity index (χ1) is 23.3. The van der Waals surface area contributed by atoms with Crippen molar-refractivity contribution in [2.45, 2.75) is 155 Å². The van der Waals surface area contributed by atoms with Gasteiger partial charge >= 0.3 is 19.8 Å². The molecule has 0 bridgehead atoms. The zero-order valence-electron chi connectivity index (χ0n) is 30.4. The molecule has 0 rings (SSSR count). The fourth-order valence-electron chi connectivity index (χ4n) is 4.73. The molecule has 0 aromatic carbocycles. The van der Waals surface area contributed by atoms with Crippen molar-refractivity contribution in [3.8, 4) is 0 Å². The molecule has 9 heteroatoms. The minimum absolute atomic E-state index is 0.0120. The maximum Gasteiger partial charge on any atom is 0.472 e. The van der Waals surface area contributed by atoms with Crippen molar-refractivity contribution in [1.29, 1.82) is 0 Å². The van der Waals surface area contributed by atoms with E-state index in [4.69, 9.17) is 14.0 Å². The predicted octanol–water partition coefficient (Wildman–Crippen LogP) is 11.2. The Labute approximate surface area is 292 Å². The van der Waals surface area contributed by atoms with Gasteiger partial charge in [-0.3, -0.25) is 18.6 Å². The van der Waals surface area contributed by atoms with E-state index in [9.17, 15) is 19.0 Å². The van der Waals surface area contributed by atoms with E-state index >= 15 is 0 Å². The summed E-state index contributed by atoms with van der Waals surface area (Å²) in [6.07, 6.45) is 41.6. The molecule has 2 unspecified atom stereocenters. The van der Waals surface area contributed by atoms with Crippen molar-refractivity contribution in [3.63, 3.8) is 0 Å². The average molecular weight is 695 g/mol. The van der Waals surface area contributed by atoms with Crippen LogP contribution in [0.4, 0.5) is 0 Å². The highest BCUT2D eigenvalue weighted by molar-refractivity contribution is 7.47. The van der Waals surface area contributed by atoms with Crippen LogP contribution in [0.1, 0.15) is 149 Å². The highest BCUT2D eigenvalue weighted by Crippen LogP contribution is 2.42. The van der Waals surface area contributed by atoms with E-state index in [1.165, 1.54) is 70.6 Å². The largest absolute Gasteiger partial charge is 0.472 e. The lowest BCUT2D eigenvalue weighted by Crippen LogP contribution is -2.29. The smallest absolute Gasteiger partial charge is 0.462 e. The molecule has 0 aromatic heterocycles. The van der Waals surface area contributed by atoms with Gasteiger partial charge in [-0.05, 0) is 38.5 Å². The molecule has 0 amide bonds. The van der Waals surface area contributed by atoms with E-state index in [1.807, 2.05) is 12.2 Å². The van der Waals surface area contributed by atoms with Crippen LogP contribution in [0.2, 0.25) is 0 Å². The number of phosphoric ester groups is 1. The van der Waals surface area contributed by atoms with Gasteiger partial charge in [-0.25, -0.2) is 4.57 Å². The van der Waals surface area contributed by atoms with Gasteiger partial charge in [0.2, 0.25) is 0 Å². The van der Waals surface area contributed by atoms with Gasteiger partial charge in [0.25, 0.3) is 0 Å². The second-order valence-electron chi connectivity index (χ2n) is 12.0. The number of carbonyl (C=O) groups is 2. The molecular formula is C39H67O8P. The molecule has 48 heavy (non-hydrogen) atoms. The summed E-state index contributed by atoms with van der Waals surface area (Å²) in [6, 6.07) is 0. The number of hydrogen-bond donors (Lipinski definition) is 1. The summed E-state index contributed by atoms with van der Waals surface area (Å²) in [4.78, 5) is 34.2. The minimum atomic E-state index is -4.28. The summed E-state index contributed by atoms with van der Waals surface area (Å²) in [5, 5.41) is 0. The number of ether oxygens (including phenoxy) is 2. The molecule has 8 nitrogen and oxygen atoms in total. The van der Waals surface area contributed by atoms with Crippen LogP contribution in [0.5, 0.6) is 0 Å². The maximum atomic E-state index is 12.4. The third kappa shape index (κ3) is 33.6. The Balaban J connectivity index is 4.22. The molecule has 276 valence electrons. The quantitative estimate of drug-likeness (QED) is 0.0313. The van der Waals surface area contributed by atoms with Crippen molar-refractivity contribution >= 4 is 19.8 Å². The topological polar surface area (TPSA) is 108 Å². The summed E-state index contributed by atoms with van der Waals surface area (Å²) in [5.41, 5.74) is 0. The van der Waals surface area contributed by atoms with Crippen LogP contribution in [-0.4, -0.2) is 43.3 Å². The van der Waals surface area contributed by atoms with Crippen molar-refractivity contribution in [2.75, 3.05) is 20.3 Å². The molecule has 0 saturated heterocycles. The lowest BCUT2D eigenvalue weighted by atomic mass is 10.0. The normalized spacial score (nSPS) is 14.2. The number of hydrogen-bond acceptors (Lipinski definition) is 7. The van der Waals surface area contributed by atoms with Gasteiger partial charge < -0.3 is 14.4 Å². The second-order valence-corrected chi connectivity index (χ2v) is 13.6. The maximum absolute atomic E-state index is 12.4. The minimum Gasteiger partial charge on any atom is -0.462 e. The van der Waals surface area contributed by atoms with E-state index in [2.05, 4.69) is 60.9 Å². The molecule has 0 heterocycles. The summed E-state index contributed by atoms with van der Waals surface area (Å²) in [7, 11) is -3.24. The van der Waals surface area contributed by atoms with E-state index in [0.717, 1.165) is 52.1 Å². The molecule has 0 radical (unpaired) electrons. The molecule has 1 N–H and O–H groups in total. The Morgan fingerprint density at radius 3 is 1.50 bits per heavy atom. The van der Waals surface area contributed by atoms with Gasteiger partial charge in [0.1, 0.15) is 6.61 Å². The van der Waals surface area contributed by atoms with Crippen LogP contribution in [-0.2, 0) is 32.7 Å². The van der Waals surface area contributed by atoms with Crippen LogP contribution in [0, 0.1) is 0 Å². The first kappa shape index (κ1) is 45.8. The molecule has 0 aliphatic carbocycles.